The van der Waals surface area contributed by atoms with E-state index in [0.29, 0.717) is 23.8 Å². The van der Waals surface area contributed by atoms with Gasteiger partial charge in [0.1, 0.15) is 5.92 Å². The predicted molar refractivity (Wildman–Crippen MR) is 115 cm³/mol. The number of aromatic nitrogens is 4. The molecule has 2 aliphatic rings. The van der Waals surface area contributed by atoms with Gasteiger partial charge in [0, 0.05) is 31.6 Å². The van der Waals surface area contributed by atoms with Gasteiger partial charge >= 0.3 is 0 Å². The Morgan fingerprint density at radius 2 is 2.23 bits per heavy atom. The first-order valence-corrected chi connectivity index (χ1v) is 10.6. The fourth-order valence-corrected chi connectivity index (χ4v) is 4.28. The van der Waals surface area contributed by atoms with Gasteiger partial charge in [0.15, 0.2) is 5.65 Å². The number of anilines is 2. The molecule has 1 aromatic carbocycles. The minimum Gasteiger partial charge on any atom is -0.376 e. The SMILES string of the molecule is CCCn1cc2c(C3C(=O)Nc4ccc(C)cc43)nc(NC[C@@H]3CCCO3)nc2n1. The van der Waals surface area contributed by atoms with E-state index < -0.39 is 5.92 Å². The molecule has 1 saturated heterocycles. The summed E-state index contributed by atoms with van der Waals surface area (Å²) in [6, 6.07) is 6.02. The van der Waals surface area contributed by atoms with Gasteiger partial charge in [-0.3, -0.25) is 9.48 Å². The molecule has 2 atom stereocenters. The monoisotopic (exact) mass is 406 g/mol. The largest absolute Gasteiger partial charge is 0.376 e. The van der Waals surface area contributed by atoms with Gasteiger partial charge in [0.05, 0.1) is 17.2 Å². The quantitative estimate of drug-likeness (QED) is 0.653. The second-order valence-electron chi connectivity index (χ2n) is 8.09. The van der Waals surface area contributed by atoms with Crippen molar-refractivity contribution in [3.63, 3.8) is 0 Å². The highest BCUT2D eigenvalue weighted by Crippen LogP contribution is 2.39. The van der Waals surface area contributed by atoms with E-state index in [0.717, 1.165) is 54.6 Å². The van der Waals surface area contributed by atoms with Crippen LogP contribution in [0.3, 0.4) is 0 Å². The van der Waals surface area contributed by atoms with E-state index in [2.05, 4.69) is 33.7 Å². The van der Waals surface area contributed by atoms with Crippen LogP contribution in [0.25, 0.3) is 11.0 Å². The molecule has 1 fully saturated rings. The summed E-state index contributed by atoms with van der Waals surface area (Å²) in [6.07, 6.45) is 5.21. The number of carbonyl (C=O) groups excluding carboxylic acids is 1. The van der Waals surface area contributed by atoms with Crippen LogP contribution < -0.4 is 10.6 Å². The summed E-state index contributed by atoms with van der Waals surface area (Å²) in [5.74, 6) is -0.0551. The van der Waals surface area contributed by atoms with Crippen molar-refractivity contribution >= 4 is 28.6 Å². The summed E-state index contributed by atoms with van der Waals surface area (Å²) in [5.41, 5.74) is 4.21. The van der Waals surface area contributed by atoms with Crippen molar-refractivity contribution in [1.29, 1.82) is 0 Å². The van der Waals surface area contributed by atoms with Crippen LogP contribution in [0.2, 0.25) is 0 Å². The lowest BCUT2D eigenvalue weighted by Crippen LogP contribution is -2.21. The van der Waals surface area contributed by atoms with Crippen LogP contribution in [0, 0.1) is 6.92 Å². The molecule has 2 aromatic heterocycles. The first-order chi connectivity index (χ1) is 14.6. The third-order valence-corrected chi connectivity index (χ3v) is 5.73. The smallest absolute Gasteiger partial charge is 0.238 e. The van der Waals surface area contributed by atoms with E-state index in [9.17, 15) is 4.79 Å². The third kappa shape index (κ3) is 3.41. The van der Waals surface area contributed by atoms with Crippen molar-refractivity contribution in [3.05, 3.63) is 41.2 Å². The first-order valence-electron chi connectivity index (χ1n) is 10.6. The van der Waals surface area contributed by atoms with Gasteiger partial charge < -0.3 is 15.4 Å². The number of hydrogen-bond acceptors (Lipinski definition) is 6. The summed E-state index contributed by atoms with van der Waals surface area (Å²) in [4.78, 5) is 22.4. The number of aryl methyl sites for hydroxylation is 2. The zero-order valence-electron chi connectivity index (χ0n) is 17.3. The summed E-state index contributed by atoms with van der Waals surface area (Å²) in [6.45, 7) is 6.38. The third-order valence-electron chi connectivity index (χ3n) is 5.73. The molecule has 0 aliphatic carbocycles. The maximum absolute atomic E-state index is 13.0. The average molecular weight is 406 g/mol. The Hall–Kier alpha value is -3.00. The molecule has 5 rings (SSSR count). The number of rotatable bonds is 6. The van der Waals surface area contributed by atoms with Gasteiger partial charge in [-0.2, -0.15) is 10.1 Å². The predicted octanol–water partition coefficient (Wildman–Crippen LogP) is 3.22. The zero-order chi connectivity index (χ0) is 20.7. The molecule has 3 aromatic rings. The standard InChI is InChI=1S/C22H26N6O2/c1-3-8-28-12-16-19(18-15-10-13(2)6-7-17(15)24-21(18)29)25-22(26-20(16)27-28)23-11-14-5-4-9-30-14/h6-7,10,12,14,18H,3-5,8-9,11H2,1-2H3,(H,24,29)(H,23,26,27)/t14-,18?/m0/s1. The van der Waals surface area contributed by atoms with Crippen molar-refractivity contribution in [2.75, 3.05) is 23.8 Å². The summed E-state index contributed by atoms with van der Waals surface area (Å²) in [7, 11) is 0. The van der Waals surface area contributed by atoms with Crippen LogP contribution in [0.5, 0.6) is 0 Å². The molecule has 156 valence electrons. The van der Waals surface area contributed by atoms with Crippen LogP contribution >= 0.6 is 0 Å². The fraction of sp³-hybridized carbons (Fsp3) is 0.455. The van der Waals surface area contributed by atoms with Crippen LogP contribution in [-0.2, 0) is 16.1 Å². The van der Waals surface area contributed by atoms with Crippen molar-refractivity contribution < 1.29 is 9.53 Å². The number of hydrogen-bond donors (Lipinski definition) is 2. The second-order valence-corrected chi connectivity index (χ2v) is 8.09. The number of amides is 1. The maximum atomic E-state index is 13.0. The molecule has 0 saturated carbocycles. The summed E-state index contributed by atoms with van der Waals surface area (Å²) in [5, 5.41) is 11.8. The van der Waals surface area contributed by atoms with Crippen molar-refractivity contribution in [2.24, 2.45) is 0 Å². The highest BCUT2D eigenvalue weighted by Gasteiger charge is 2.35. The molecule has 2 aliphatic heterocycles. The number of nitrogens with zero attached hydrogens (tertiary/aromatic N) is 4. The molecular formula is C22H26N6O2. The van der Waals surface area contributed by atoms with Crippen LogP contribution in [-0.4, -0.2) is 44.9 Å². The zero-order valence-corrected chi connectivity index (χ0v) is 17.3. The Balaban J connectivity index is 1.58. The normalized spacial score (nSPS) is 20.5. The van der Waals surface area contributed by atoms with Crippen LogP contribution in [0.15, 0.2) is 24.4 Å². The lowest BCUT2D eigenvalue weighted by molar-refractivity contribution is -0.116. The number of nitrogens with one attached hydrogen (secondary N) is 2. The molecule has 0 radical (unpaired) electrons. The molecule has 0 spiro atoms. The molecule has 30 heavy (non-hydrogen) atoms. The lowest BCUT2D eigenvalue weighted by Gasteiger charge is -2.14. The van der Waals surface area contributed by atoms with E-state index in [1.807, 2.05) is 29.9 Å². The van der Waals surface area contributed by atoms with Gasteiger partial charge in [-0.25, -0.2) is 4.98 Å². The van der Waals surface area contributed by atoms with Gasteiger partial charge in [-0.1, -0.05) is 24.6 Å². The molecular weight excluding hydrogens is 380 g/mol. The van der Waals surface area contributed by atoms with E-state index in [1.54, 1.807) is 0 Å². The van der Waals surface area contributed by atoms with Crippen LogP contribution in [0.4, 0.5) is 11.6 Å². The maximum Gasteiger partial charge on any atom is 0.238 e. The highest BCUT2D eigenvalue weighted by atomic mass is 16.5. The Morgan fingerprint density at radius 3 is 3.03 bits per heavy atom. The second kappa shape index (κ2) is 7.68. The fourth-order valence-electron chi connectivity index (χ4n) is 4.28. The number of fused-ring (bicyclic) bond motifs is 2. The lowest BCUT2D eigenvalue weighted by atomic mass is 9.94. The Kier molecular flexibility index (Phi) is 4.86. The summed E-state index contributed by atoms with van der Waals surface area (Å²) < 4.78 is 7.59. The topological polar surface area (TPSA) is 94.0 Å². The van der Waals surface area contributed by atoms with E-state index >= 15 is 0 Å². The minimum absolute atomic E-state index is 0.0658. The van der Waals surface area contributed by atoms with Gasteiger partial charge in [0.25, 0.3) is 0 Å². The molecule has 8 heteroatoms. The van der Waals surface area contributed by atoms with Crippen molar-refractivity contribution in [3.8, 4) is 0 Å². The van der Waals surface area contributed by atoms with E-state index in [4.69, 9.17) is 9.72 Å². The molecule has 1 amide bonds. The first kappa shape index (κ1) is 19.0. The van der Waals surface area contributed by atoms with E-state index in [1.165, 1.54) is 0 Å². The average Bonchev–Trinajstić information content (AvgIpc) is 3.44. The molecule has 0 bridgehead atoms. The molecule has 4 heterocycles. The summed E-state index contributed by atoms with van der Waals surface area (Å²) >= 11 is 0. The van der Waals surface area contributed by atoms with Crippen molar-refractivity contribution in [2.45, 2.75) is 51.7 Å². The number of benzene rings is 1. The van der Waals surface area contributed by atoms with Gasteiger partial charge in [0.2, 0.25) is 11.9 Å². The highest BCUT2D eigenvalue weighted by molar-refractivity contribution is 6.06. The Morgan fingerprint density at radius 1 is 1.33 bits per heavy atom. The molecule has 8 nitrogen and oxygen atoms in total. The minimum atomic E-state index is -0.479. The van der Waals surface area contributed by atoms with E-state index in [-0.39, 0.29) is 12.0 Å². The molecule has 1 unspecified atom stereocenters. The number of carbonyl (C=O) groups is 1. The Bertz CT molecular complexity index is 1100. The Labute approximate surface area is 175 Å². The van der Waals surface area contributed by atoms with Gasteiger partial charge in [-0.15, -0.1) is 0 Å². The van der Waals surface area contributed by atoms with Crippen LogP contribution in [0.1, 0.15) is 48.9 Å². The number of ether oxygens (including phenoxy) is 1. The van der Waals surface area contributed by atoms with Gasteiger partial charge in [-0.05, 0) is 37.8 Å². The molecule has 2 N–H and O–H groups in total. The van der Waals surface area contributed by atoms with Crippen molar-refractivity contribution in [1.82, 2.24) is 19.7 Å².